The van der Waals surface area contributed by atoms with Crippen LogP contribution in [0.25, 0.3) is 0 Å². The van der Waals surface area contributed by atoms with Crippen molar-refractivity contribution in [2.75, 3.05) is 18.5 Å². The van der Waals surface area contributed by atoms with Crippen molar-refractivity contribution in [2.24, 2.45) is 5.73 Å². The summed E-state index contributed by atoms with van der Waals surface area (Å²) in [4.78, 5) is 22.3. The summed E-state index contributed by atoms with van der Waals surface area (Å²) in [5.74, 6) is -0.0123. The summed E-state index contributed by atoms with van der Waals surface area (Å²) in [6.07, 6.45) is 1.27. The Hall–Kier alpha value is -2.08. The van der Waals surface area contributed by atoms with Crippen molar-refractivity contribution >= 4 is 17.5 Å². The maximum absolute atomic E-state index is 11.7. The Morgan fingerprint density at radius 3 is 2.48 bits per heavy atom. The van der Waals surface area contributed by atoms with Gasteiger partial charge in [-0.15, -0.1) is 0 Å². The largest absolute Gasteiger partial charge is 0.484 e. The number of anilines is 1. The quantitative estimate of drug-likeness (QED) is 0.598. The molecule has 0 aliphatic carbocycles. The third-order valence-electron chi connectivity index (χ3n) is 2.65. The first kappa shape index (κ1) is 17.0. The monoisotopic (exact) mass is 293 g/mol. The Morgan fingerprint density at radius 1 is 1.24 bits per heavy atom. The number of ether oxygens (including phenoxy) is 1. The predicted octanol–water partition coefficient (Wildman–Crippen LogP) is 1.27. The third kappa shape index (κ3) is 7.94. The van der Waals surface area contributed by atoms with E-state index in [0.29, 0.717) is 23.9 Å². The van der Waals surface area contributed by atoms with Crippen molar-refractivity contribution in [2.45, 2.75) is 32.7 Å². The lowest BCUT2D eigenvalue weighted by atomic mass is 10.2. The van der Waals surface area contributed by atoms with E-state index in [-0.39, 0.29) is 12.5 Å². The summed E-state index contributed by atoms with van der Waals surface area (Å²) < 4.78 is 5.13. The summed E-state index contributed by atoms with van der Waals surface area (Å²) >= 11 is 0. The molecular weight excluding hydrogens is 270 g/mol. The van der Waals surface area contributed by atoms with Crippen LogP contribution in [0.5, 0.6) is 5.75 Å². The molecule has 0 saturated carbocycles. The molecule has 0 aliphatic heterocycles. The average molecular weight is 293 g/mol. The smallest absolute Gasteiger partial charge is 0.255 e. The second kappa shape index (κ2) is 8.97. The Labute approximate surface area is 125 Å². The van der Waals surface area contributed by atoms with Gasteiger partial charge >= 0.3 is 0 Å². The van der Waals surface area contributed by atoms with Gasteiger partial charge in [0.2, 0.25) is 5.91 Å². The molecular formula is C15H23N3O3. The van der Waals surface area contributed by atoms with Crippen molar-refractivity contribution in [3.8, 4) is 5.75 Å². The molecule has 0 fully saturated rings. The van der Waals surface area contributed by atoms with Crippen LogP contribution in [0.1, 0.15) is 26.7 Å². The molecule has 0 saturated heterocycles. The van der Waals surface area contributed by atoms with Gasteiger partial charge in [-0.25, -0.2) is 0 Å². The van der Waals surface area contributed by atoms with E-state index in [9.17, 15) is 9.59 Å². The van der Waals surface area contributed by atoms with Gasteiger partial charge < -0.3 is 21.1 Å². The summed E-state index contributed by atoms with van der Waals surface area (Å²) in [5, 5.41) is 6.07. The molecule has 1 rings (SSSR count). The highest BCUT2D eigenvalue weighted by molar-refractivity contribution is 5.90. The highest BCUT2D eigenvalue weighted by Gasteiger charge is 2.03. The minimum atomic E-state index is -0.526. The standard InChI is InChI=1S/C15H23N3O3/c1-11(2)17-9-3-4-15(20)18-12-5-7-13(8-6-12)21-10-14(16)19/h5-8,11,17H,3-4,9-10H2,1-2H3,(H2,16,19)(H,18,20). The van der Waals surface area contributed by atoms with E-state index in [1.54, 1.807) is 24.3 Å². The summed E-state index contributed by atoms with van der Waals surface area (Å²) in [7, 11) is 0. The molecule has 0 aromatic heterocycles. The number of benzene rings is 1. The lowest BCUT2D eigenvalue weighted by Gasteiger charge is -2.09. The molecule has 4 N–H and O–H groups in total. The summed E-state index contributed by atoms with van der Waals surface area (Å²) in [6.45, 7) is 4.81. The van der Waals surface area contributed by atoms with E-state index < -0.39 is 5.91 Å². The van der Waals surface area contributed by atoms with Gasteiger partial charge in [-0.3, -0.25) is 9.59 Å². The minimum absolute atomic E-state index is 0.0219. The fraction of sp³-hybridized carbons (Fsp3) is 0.467. The van der Waals surface area contributed by atoms with E-state index in [4.69, 9.17) is 10.5 Å². The van der Waals surface area contributed by atoms with Crippen molar-refractivity contribution in [3.05, 3.63) is 24.3 Å². The van der Waals surface area contributed by atoms with Crippen LogP contribution in [0.2, 0.25) is 0 Å². The van der Waals surface area contributed by atoms with Gasteiger partial charge in [-0.1, -0.05) is 13.8 Å². The lowest BCUT2D eigenvalue weighted by molar-refractivity contribution is -0.120. The number of primary amides is 1. The average Bonchev–Trinajstić information content (AvgIpc) is 2.42. The fourth-order valence-corrected chi connectivity index (χ4v) is 1.65. The number of nitrogens with one attached hydrogen (secondary N) is 2. The van der Waals surface area contributed by atoms with Crippen LogP contribution in [0.4, 0.5) is 5.69 Å². The molecule has 0 bridgehead atoms. The van der Waals surface area contributed by atoms with Gasteiger partial charge in [0.1, 0.15) is 5.75 Å². The number of hydrogen-bond donors (Lipinski definition) is 3. The maximum Gasteiger partial charge on any atom is 0.255 e. The molecule has 6 heteroatoms. The number of nitrogens with two attached hydrogens (primary N) is 1. The molecule has 0 radical (unpaired) electrons. The summed E-state index contributed by atoms with van der Waals surface area (Å²) in [5.41, 5.74) is 5.68. The first-order valence-corrected chi connectivity index (χ1v) is 7.02. The zero-order chi connectivity index (χ0) is 15.7. The second-order valence-electron chi connectivity index (χ2n) is 5.04. The molecule has 1 aromatic rings. The SMILES string of the molecule is CC(C)NCCCC(=O)Nc1ccc(OCC(N)=O)cc1. The molecule has 0 unspecified atom stereocenters. The van der Waals surface area contributed by atoms with Gasteiger partial charge in [-0.05, 0) is 37.2 Å². The zero-order valence-corrected chi connectivity index (χ0v) is 12.5. The van der Waals surface area contributed by atoms with Crippen LogP contribution in [0, 0.1) is 0 Å². The highest BCUT2D eigenvalue weighted by atomic mass is 16.5. The lowest BCUT2D eigenvalue weighted by Crippen LogP contribution is -2.24. The first-order chi connectivity index (χ1) is 9.97. The number of carbonyl (C=O) groups excluding carboxylic acids is 2. The van der Waals surface area contributed by atoms with Crippen molar-refractivity contribution in [1.29, 1.82) is 0 Å². The van der Waals surface area contributed by atoms with Gasteiger partial charge in [0.05, 0.1) is 0 Å². The van der Waals surface area contributed by atoms with Gasteiger partial charge in [0.15, 0.2) is 6.61 Å². The number of hydrogen-bond acceptors (Lipinski definition) is 4. The van der Waals surface area contributed by atoms with E-state index in [1.807, 2.05) is 0 Å². The van der Waals surface area contributed by atoms with Crippen molar-refractivity contribution in [1.82, 2.24) is 5.32 Å². The number of rotatable bonds is 9. The molecule has 6 nitrogen and oxygen atoms in total. The van der Waals surface area contributed by atoms with Crippen LogP contribution in [-0.2, 0) is 9.59 Å². The van der Waals surface area contributed by atoms with Gasteiger partial charge in [0, 0.05) is 18.2 Å². The van der Waals surface area contributed by atoms with E-state index in [0.717, 1.165) is 13.0 Å². The van der Waals surface area contributed by atoms with E-state index in [2.05, 4.69) is 24.5 Å². The Morgan fingerprint density at radius 2 is 1.90 bits per heavy atom. The molecule has 0 aliphatic rings. The third-order valence-corrected chi connectivity index (χ3v) is 2.65. The van der Waals surface area contributed by atoms with Crippen LogP contribution >= 0.6 is 0 Å². The fourth-order valence-electron chi connectivity index (χ4n) is 1.65. The van der Waals surface area contributed by atoms with Crippen LogP contribution in [-0.4, -0.2) is 31.0 Å². The van der Waals surface area contributed by atoms with Crippen LogP contribution in [0.15, 0.2) is 24.3 Å². The summed E-state index contributed by atoms with van der Waals surface area (Å²) in [6, 6.07) is 7.24. The molecule has 2 amide bonds. The minimum Gasteiger partial charge on any atom is -0.484 e. The highest BCUT2D eigenvalue weighted by Crippen LogP contribution is 2.15. The van der Waals surface area contributed by atoms with E-state index >= 15 is 0 Å². The Balaban J connectivity index is 2.30. The molecule has 0 spiro atoms. The molecule has 1 aromatic carbocycles. The maximum atomic E-state index is 11.7. The Bertz CT molecular complexity index is 458. The van der Waals surface area contributed by atoms with E-state index in [1.165, 1.54) is 0 Å². The van der Waals surface area contributed by atoms with Crippen LogP contribution < -0.4 is 21.1 Å². The van der Waals surface area contributed by atoms with Crippen molar-refractivity contribution < 1.29 is 14.3 Å². The first-order valence-electron chi connectivity index (χ1n) is 7.02. The molecule has 0 atom stereocenters. The topological polar surface area (TPSA) is 93.4 Å². The molecule has 21 heavy (non-hydrogen) atoms. The van der Waals surface area contributed by atoms with Gasteiger partial charge in [-0.2, -0.15) is 0 Å². The van der Waals surface area contributed by atoms with Crippen LogP contribution in [0.3, 0.4) is 0 Å². The van der Waals surface area contributed by atoms with Crippen molar-refractivity contribution in [3.63, 3.8) is 0 Å². The Kier molecular flexibility index (Phi) is 7.25. The van der Waals surface area contributed by atoms with Gasteiger partial charge in [0.25, 0.3) is 5.91 Å². The predicted molar refractivity (Wildman–Crippen MR) is 82.1 cm³/mol. The number of amides is 2. The number of carbonyl (C=O) groups is 2. The second-order valence-corrected chi connectivity index (χ2v) is 5.04. The molecule has 116 valence electrons. The zero-order valence-electron chi connectivity index (χ0n) is 12.5. The molecule has 0 heterocycles. The normalized spacial score (nSPS) is 10.4.